The van der Waals surface area contributed by atoms with E-state index in [1.165, 1.54) is 25.3 Å². The third kappa shape index (κ3) is 5.28. The molecule has 0 aliphatic heterocycles. The molecule has 0 radical (unpaired) electrons. The molecule has 2 heterocycles. The van der Waals surface area contributed by atoms with E-state index in [0.29, 0.717) is 5.56 Å². The first-order chi connectivity index (χ1) is 14.5. The molecule has 2 aromatic heterocycles. The first kappa shape index (κ1) is 20.7. The Morgan fingerprint density at radius 3 is 2.80 bits per heavy atom. The highest BCUT2D eigenvalue weighted by atomic mass is 19.1. The number of aromatic nitrogens is 3. The van der Waals surface area contributed by atoms with Gasteiger partial charge in [-0.05, 0) is 6.07 Å². The van der Waals surface area contributed by atoms with Gasteiger partial charge in [-0.1, -0.05) is 18.2 Å². The van der Waals surface area contributed by atoms with Crippen molar-refractivity contribution in [3.8, 4) is 0 Å². The first-order valence-corrected chi connectivity index (χ1v) is 8.72. The van der Waals surface area contributed by atoms with E-state index < -0.39 is 11.4 Å². The average Bonchev–Trinajstić information content (AvgIpc) is 3.16. The third-order valence-electron chi connectivity index (χ3n) is 3.90. The van der Waals surface area contributed by atoms with Crippen molar-refractivity contribution < 1.29 is 18.0 Å². The van der Waals surface area contributed by atoms with Crippen molar-refractivity contribution in [2.45, 2.75) is 13.1 Å². The van der Waals surface area contributed by atoms with Gasteiger partial charge in [0.15, 0.2) is 29.1 Å². The number of nitrogens with one attached hydrogen (secondary N) is 4. The normalized spacial score (nSPS) is 11.2. The van der Waals surface area contributed by atoms with E-state index in [1.54, 1.807) is 18.2 Å². The number of halogens is 2. The lowest BCUT2D eigenvalue weighted by Crippen LogP contribution is -2.17. The molecule has 0 amide bonds. The summed E-state index contributed by atoms with van der Waals surface area (Å²) in [6.45, 7) is 0.140. The smallest absolute Gasteiger partial charge is 0.280 e. The number of hydrogen-bond donors (Lipinski definition) is 4. The molecule has 0 unspecified atom stereocenters. The largest absolute Gasteiger partial charge is 0.482 e. The predicted molar refractivity (Wildman–Crippen MR) is 104 cm³/mol. The number of hydrogen-bond acceptors (Lipinski definition) is 8. The molecular weight excluding hydrogens is 398 g/mol. The minimum Gasteiger partial charge on any atom is -0.482 e. The number of ether oxygens (including phenoxy) is 1. The Balaban J connectivity index is 1.69. The summed E-state index contributed by atoms with van der Waals surface area (Å²) in [4.78, 5) is 18.8. The highest BCUT2D eigenvalue weighted by Gasteiger charge is 2.12. The highest BCUT2D eigenvalue weighted by molar-refractivity contribution is 6.04. The van der Waals surface area contributed by atoms with E-state index in [2.05, 4.69) is 25.8 Å². The van der Waals surface area contributed by atoms with Crippen LogP contribution < -0.4 is 16.2 Å². The molecule has 3 aromatic rings. The minimum atomic E-state index is -0.738. The fourth-order valence-electron chi connectivity index (χ4n) is 2.40. The van der Waals surface area contributed by atoms with E-state index >= 15 is 0 Å². The van der Waals surface area contributed by atoms with Gasteiger partial charge in [-0.15, -0.1) is 0 Å². The SMILES string of the molecule is CO/C(=C/C(=N)c1ncc(F)c(NCc2cc(=O)[nH]o2)n1)NCc1ccccc1F. The summed E-state index contributed by atoms with van der Waals surface area (Å²) < 4.78 is 37.7. The third-order valence-corrected chi connectivity index (χ3v) is 3.90. The van der Waals surface area contributed by atoms with Gasteiger partial charge in [0.05, 0.1) is 19.9 Å². The van der Waals surface area contributed by atoms with Crippen molar-refractivity contribution >= 4 is 11.5 Å². The molecule has 0 spiro atoms. The van der Waals surface area contributed by atoms with Crippen molar-refractivity contribution in [3.63, 3.8) is 0 Å². The van der Waals surface area contributed by atoms with Crippen LogP contribution in [-0.4, -0.2) is 27.9 Å². The lowest BCUT2D eigenvalue weighted by molar-refractivity contribution is 0.260. The number of H-pyrrole nitrogens is 1. The Morgan fingerprint density at radius 2 is 2.10 bits per heavy atom. The predicted octanol–water partition coefficient (Wildman–Crippen LogP) is 2.29. The monoisotopic (exact) mass is 416 g/mol. The summed E-state index contributed by atoms with van der Waals surface area (Å²) in [5.41, 5.74) is -0.158. The number of methoxy groups -OCH3 is 1. The standard InChI is InChI=1S/C19H18F2N6O3/c1-29-17(23-8-11-4-2-3-5-13(11)20)7-15(22)19-25-10-14(21)18(26-19)24-9-12-6-16(28)27-30-12/h2-7,10,22-23H,8-9H2,1H3,(H,27,28)(H,24,25,26)/b17-7+,22-15?. The molecule has 3 rings (SSSR count). The molecule has 4 N–H and O–H groups in total. The summed E-state index contributed by atoms with van der Waals surface area (Å²) in [5, 5.41) is 15.8. The summed E-state index contributed by atoms with van der Waals surface area (Å²) >= 11 is 0. The molecule has 156 valence electrons. The van der Waals surface area contributed by atoms with Gasteiger partial charge >= 0.3 is 0 Å². The van der Waals surface area contributed by atoms with E-state index in [9.17, 15) is 13.6 Å². The Bertz CT molecular complexity index is 1130. The molecule has 0 aliphatic carbocycles. The summed E-state index contributed by atoms with van der Waals surface area (Å²) in [7, 11) is 1.39. The summed E-state index contributed by atoms with van der Waals surface area (Å²) in [6, 6.07) is 7.47. The van der Waals surface area contributed by atoms with E-state index in [0.717, 1.165) is 6.20 Å². The molecule has 0 bridgehead atoms. The van der Waals surface area contributed by atoms with E-state index in [-0.39, 0.29) is 47.9 Å². The van der Waals surface area contributed by atoms with Crippen LogP contribution in [0.3, 0.4) is 0 Å². The molecule has 0 atom stereocenters. The van der Waals surface area contributed by atoms with Crippen molar-refractivity contribution in [1.82, 2.24) is 20.4 Å². The molecule has 0 saturated carbocycles. The van der Waals surface area contributed by atoms with Gasteiger partial charge in [0, 0.05) is 24.3 Å². The fraction of sp³-hybridized carbons (Fsp3) is 0.158. The number of allylic oxidation sites excluding steroid dienone is 1. The van der Waals surface area contributed by atoms with Gasteiger partial charge < -0.3 is 19.9 Å². The number of rotatable bonds is 9. The topological polar surface area (TPSA) is 129 Å². The van der Waals surface area contributed by atoms with Crippen molar-refractivity contribution in [2.75, 3.05) is 12.4 Å². The second kappa shape index (κ2) is 9.45. The number of anilines is 1. The van der Waals surface area contributed by atoms with Crippen molar-refractivity contribution in [2.24, 2.45) is 0 Å². The zero-order valence-corrected chi connectivity index (χ0v) is 15.8. The summed E-state index contributed by atoms with van der Waals surface area (Å²) in [6.07, 6.45) is 2.21. The maximum atomic E-state index is 14.0. The van der Waals surface area contributed by atoms with Crippen LogP contribution in [0, 0.1) is 17.0 Å². The van der Waals surface area contributed by atoms with Crippen LogP contribution in [0.2, 0.25) is 0 Å². The maximum absolute atomic E-state index is 14.0. The number of benzene rings is 1. The van der Waals surface area contributed by atoms with Crippen LogP contribution in [0.5, 0.6) is 0 Å². The van der Waals surface area contributed by atoms with Crippen molar-refractivity contribution in [3.05, 3.63) is 87.6 Å². The minimum absolute atomic E-state index is 0.00278. The number of nitrogens with zero attached hydrogens (tertiary/aromatic N) is 2. The van der Waals surface area contributed by atoms with Crippen LogP contribution in [0.15, 0.2) is 57.8 Å². The van der Waals surface area contributed by atoms with Gasteiger partial charge in [-0.25, -0.2) is 18.7 Å². The average molecular weight is 416 g/mol. The lowest BCUT2D eigenvalue weighted by Gasteiger charge is -2.11. The van der Waals surface area contributed by atoms with E-state index in [1.807, 2.05) is 0 Å². The van der Waals surface area contributed by atoms with Crippen LogP contribution in [0.25, 0.3) is 0 Å². The Kier molecular flexibility index (Phi) is 6.53. The second-order valence-corrected chi connectivity index (χ2v) is 5.99. The maximum Gasteiger partial charge on any atom is 0.280 e. The van der Waals surface area contributed by atoms with Gasteiger partial charge in [0.1, 0.15) is 11.5 Å². The Labute approximate surface area is 169 Å². The van der Waals surface area contributed by atoms with Crippen LogP contribution in [0.4, 0.5) is 14.6 Å². The van der Waals surface area contributed by atoms with Gasteiger partial charge in [0.25, 0.3) is 5.56 Å². The van der Waals surface area contributed by atoms with Crippen LogP contribution >= 0.6 is 0 Å². The zero-order valence-electron chi connectivity index (χ0n) is 15.8. The van der Waals surface area contributed by atoms with Gasteiger partial charge in [0.2, 0.25) is 0 Å². The summed E-state index contributed by atoms with van der Waals surface area (Å²) in [5.74, 6) is -0.908. The van der Waals surface area contributed by atoms with Gasteiger partial charge in [-0.3, -0.25) is 10.2 Å². The van der Waals surface area contributed by atoms with Gasteiger partial charge in [-0.2, -0.15) is 5.16 Å². The fourth-order valence-corrected chi connectivity index (χ4v) is 2.40. The van der Waals surface area contributed by atoms with Crippen LogP contribution in [-0.2, 0) is 17.8 Å². The molecule has 9 nitrogen and oxygen atoms in total. The molecule has 30 heavy (non-hydrogen) atoms. The molecule has 0 aliphatic rings. The molecular formula is C19H18F2N6O3. The quantitative estimate of drug-likeness (QED) is 0.311. The lowest BCUT2D eigenvalue weighted by atomic mass is 10.2. The first-order valence-electron chi connectivity index (χ1n) is 8.72. The molecule has 11 heteroatoms. The second-order valence-electron chi connectivity index (χ2n) is 5.99. The van der Waals surface area contributed by atoms with Crippen LogP contribution in [0.1, 0.15) is 17.1 Å². The Hall–Kier alpha value is -4.02. The zero-order chi connectivity index (χ0) is 21.5. The molecule has 0 saturated heterocycles. The Morgan fingerprint density at radius 1 is 1.30 bits per heavy atom. The molecule has 0 fully saturated rings. The number of aromatic amines is 1. The molecule has 1 aromatic carbocycles. The van der Waals surface area contributed by atoms with E-state index in [4.69, 9.17) is 14.7 Å². The highest BCUT2D eigenvalue weighted by Crippen LogP contribution is 2.12. The van der Waals surface area contributed by atoms with Crippen molar-refractivity contribution in [1.29, 1.82) is 5.41 Å².